The van der Waals surface area contributed by atoms with E-state index < -0.39 is 0 Å². The molecule has 4 nitrogen and oxygen atoms in total. The van der Waals surface area contributed by atoms with Crippen LogP contribution in [0.15, 0.2) is 94.3 Å². The summed E-state index contributed by atoms with van der Waals surface area (Å²) in [7, 11) is 0. The number of hydrogen-bond donors (Lipinski definition) is 1. The molecule has 138 valence electrons. The molecule has 0 spiro atoms. The molecule has 2 aromatic heterocycles. The van der Waals surface area contributed by atoms with Crippen molar-refractivity contribution in [3.63, 3.8) is 0 Å². The lowest BCUT2D eigenvalue weighted by Crippen LogP contribution is -2.23. The summed E-state index contributed by atoms with van der Waals surface area (Å²) in [6.07, 6.45) is 1.77. The Labute approximate surface area is 166 Å². The van der Waals surface area contributed by atoms with E-state index in [0.717, 1.165) is 38.8 Å². The Kier molecular flexibility index (Phi) is 3.35. The maximum atomic E-state index is 13.2. The van der Waals surface area contributed by atoms with E-state index in [1.165, 1.54) is 0 Å². The molecule has 0 saturated heterocycles. The summed E-state index contributed by atoms with van der Waals surface area (Å²) in [4.78, 5) is 17.8. The van der Waals surface area contributed by atoms with Crippen LogP contribution in [0.25, 0.3) is 21.7 Å². The predicted molar refractivity (Wildman–Crippen MR) is 115 cm³/mol. The van der Waals surface area contributed by atoms with Crippen LogP contribution >= 0.6 is 0 Å². The summed E-state index contributed by atoms with van der Waals surface area (Å²) < 4.78 is 5.72. The van der Waals surface area contributed by atoms with E-state index in [1.54, 1.807) is 6.20 Å². The van der Waals surface area contributed by atoms with Gasteiger partial charge in [-0.05, 0) is 46.7 Å². The van der Waals surface area contributed by atoms with Gasteiger partial charge in [-0.2, -0.15) is 0 Å². The minimum atomic E-state index is -0.333. The third-order valence-corrected chi connectivity index (χ3v) is 5.64. The summed E-state index contributed by atoms with van der Waals surface area (Å²) in [6, 6.07) is 25.9. The molecule has 3 heterocycles. The number of pyridine rings is 1. The fourth-order valence-corrected chi connectivity index (χ4v) is 4.40. The predicted octanol–water partition coefficient (Wildman–Crippen LogP) is 5.58. The van der Waals surface area contributed by atoms with Crippen LogP contribution < -0.4 is 10.9 Å². The van der Waals surface area contributed by atoms with E-state index >= 15 is 0 Å². The quantitative estimate of drug-likeness (QED) is 0.381. The van der Waals surface area contributed by atoms with Gasteiger partial charge in [-0.15, -0.1) is 0 Å². The van der Waals surface area contributed by atoms with Crippen molar-refractivity contribution >= 4 is 33.1 Å². The van der Waals surface area contributed by atoms with Gasteiger partial charge in [-0.25, -0.2) is 4.79 Å². The Bertz CT molecular complexity index is 1450. The van der Waals surface area contributed by atoms with Crippen LogP contribution in [-0.4, -0.2) is 4.98 Å². The van der Waals surface area contributed by atoms with Gasteiger partial charge in [-0.1, -0.05) is 48.5 Å². The van der Waals surface area contributed by atoms with Crippen molar-refractivity contribution in [3.8, 4) is 0 Å². The van der Waals surface area contributed by atoms with Crippen molar-refractivity contribution in [2.24, 2.45) is 0 Å². The zero-order valence-electron chi connectivity index (χ0n) is 15.4. The van der Waals surface area contributed by atoms with Gasteiger partial charge in [0.1, 0.15) is 5.58 Å². The highest BCUT2D eigenvalue weighted by Crippen LogP contribution is 2.47. The Morgan fingerprint density at radius 3 is 2.45 bits per heavy atom. The molecule has 6 rings (SSSR count). The molecule has 4 heteroatoms. The smallest absolute Gasteiger partial charge is 0.342 e. The molecule has 1 N–H and O–H groups in total. The SMILES string of the molecule is O=c1oc2ccccc2c2c1[C@@H](c1ccccn1)c1c(ccc3ccccc13)N2. The van der Waals surface area contributed by atoms with E-state index in [2.05, 4.69) is 34.6 Å². The first-order valence-corrected chi connectivity index (χ1v) is 9.56. The summed E-state index contributed by atoms with van der Waals surface area (Å²) >= 11 is 0. The highest BCUT2D eigenvalue weighted by molar-refractivity contribution is 6.00. The van der Waals surface area contributed by atoms with Crippen molar-refractivity contribution in [3.05, 3.63) is 112 Å². The number of aromatic nitrogens is 1. The number of fused-ring (bicyclic) bond motifs is 6. The van der Waals surface area contributed by atoms with Crippen molar-refractivity contribution < 1.29 is 4.42 Å². The number of benzene rings is 3. The fourth-order valence-electron chi connectivity index (χ4n) is 4.40. The van der Waals surface area contributed by atoms with Crippen LogP contribution in [0, 0.1) is 0 Å². The molecule has 1 aliphatic rings. The first kappa shape index (κ1) is 16.1. The van der Waals surface area contributed by atoms with Gasteiger partial charge in [0.15, 0.2) is 0 Å². The molecule has 29 heavy (non-hydrogen) atoms. The number of nitrogens with zero attached hydrogens (tertiary/aromatic N) is 1. The third kappa shape index (κ3) is 2.32. The Hall–Kier alpha value is -3.92. The molecule has 1 aliphatic heterocycles. The van der Waals surface area contributed by atoms with Crippen molar-refractivity contribution in [1.82, 2.24) is 4.98 Å². The molecule has 0 aliphatic carbocycles. The molecule has 0 amide bonds. The molecular formula is C25H16N2O2. The van der Waals surface area contributed by atoms with Gasteiger partial charge in [0.25, 0.3) is 0 Å². The lowest BCUT2D eigenvalue weighted by atomic mass is 9.81. The van der Waals surface area contributed by atoms with Gasteiger partial charge < -0.3 is 9.73 Å². The maximum Gasteiger partial charge on any atom is 0.342 e. The van der Waals surface area contributed by atoms with Crippen LogP contribution in [0.1, 0.15) is 22.7 Å². The Balaban J connectivity index is 1.78. The first-order valence-electron chi connectivity index (χ1n) is 9.56. The normalized spacial score (nSPS) is 15.0. The highest BCUT2D eigenvalue weighted by Gasteiger charge is 2.34. The van der Waals surface area contributed by atoms with Gasteiger partial charge in [-0.3, -0.25) is 4.98 Å². The lowest BCUT2D eigenvalue weighted by Gasteiger charge is -2.30. The minimum absolute atomic E-state index is 0.311. The standard InChI is InChI=1S/C25H16N2O2/c28-25-23-22(18-10-5-6-14-26-18)21-16-8-2-1-7-15(16)12-13-19(21)27-24(23)17-9-3-4-11-20(17)29-25/h1-14,22,27H/t22-/m0/s1. The van der Waals surface area contributed by atoms with Gasteiger partial charge in [0.2, 0.25) is 0 Å². The monoisotopic (exact) mass is 376 g/mol. The molecule has 0 fully saturated rings. The Morgan fingerprint density at radius 1 is 0.793 bits per heavy atom. The molecule has 5 aromatic rings. The first-order chi connectivity index (χ1) is 14.3. The largest absolute Gasteiger partial charge is 0.422 e. The van der Waals surface area contributed by atoms with Crippen LogP contribution in [0.4, 0.5) is 11.4 Å². The van der Waals surface area contributed by atoms with Crippen molar-refractivity contribution in [2.75, 3.05) is 5.32 Å². The van der Waals surface area contributed by atoms with Crippen LogP contribution in [0.5, 0.6) is 0 Å². The van der Waals surface area contributed by atoms with Crippen molar-refractivity contribution in [2.45, 2.75) is 5.92 Å². The zero-order valence-corrected chi connectivity index (χ0v) is 15.4. The summed E-state index contributed by atoms with van der Waals surface area (Å²) in [5.74, 6) is -0.311. The average molecular weight is 376 g/mol. The molecule has 0 radical (unpaired) electrons. The van der Waals surface area contributed by atoms with E-state index in [9.17, 15) is 4.79 Å². The fraction of sp³-hybridized carbons (Fsp3) is 0.0400. The topological polar surface area (TPSA) is 55.1 Å². The van der Waals surface area contributed by atoms with E-state index in [4.69, 9.17) is 4.42 Å². The van der Waals surface area contributed by atoms with Crippen LogP contribution in [-0.2, 0) is 0 Å². The molecule has 0 bridgehead atoms. The molecule has 1 atom stereocenters. The second-order valence-corrected chi connectivity index (χ2v) is 7.23. The van der Waals surface area contributed by atoms with E-state index in [1.807, 2.05) is 54.6 Å². The molecule has 3 aromatic carbocycles. The second-order valence-electron chi connectivity index (χ2n) is 7.23. The van der Waals surface area contributed by atoms with Gasteiger partial charge >= 0.3 is 5.63 Å². The number of para-hydroxylation sites is 1. The van der Waals surface area contributed by atoms with Crippen LogP contribution in [0.2, 0.25) is 0 Å². The highest BCUT2D eigenvalue weighted by atomic mass is 16.4. The maximum absolute atomic E-state index is 13.2. The summed E-state index contributed by atoms with van der Waals surface area (Å²) in [6.45, 7) is 0. The average Bonchev–Trinajstić information content (AvgIpc) is 2.78. The van der Waals surface area contributed by atoms with Gasteiger partial charge in [0, 0.05) is 17.3 Å². The molecular weight excluding hydrogens is 360 g/mol. The van der Waals surface area contributed by atoms with Gasteiger partial charge in [0.05, 0.1) is 22.9 Å². The van der Waals surface area contributed by atoms with Crippen LogP contribution in [0.3, 0.4) is 0 Å². The second kappa shape index (κ2) is 6.04. The molecule has 0 unspecified atom stereocenters. The van der Waals surface area contributed by atoms with E-state index in [0.29, 0.717) is 11.1 Å². The summed E-state index contributed by atoms with van der Waals surface area (Å²) in [5, 5.41) is 6.65. The van der Waals surface area contributed by atoms with Crippen molar-refractivity contribution in [1.29, 1.82) is 0 Å². The van der Waals surface area contributed by atoms with E-state index in [-0.39, 0.29) is 11.5 Å². The summed E-state index contributed by atoms with van der Waals surface area (Å²) in [5.41, 5.74) is 4.52. The number of anilines is 2. The zero-order chi connectivity index (χ0) is 19.4. The number of hydrogen-bond acceptors (Lipinski definition) is 4. The Morgan fingerprint density at radius 2 is 1.59 bits per heavy atom. The molecule has 0 saturated carbocycles. The third-order valence-electron chi connectivity index (χ3n) is 5.64. The number of nitrogens with one attached hydrogen (secondary N) is 1. The number of rotatable bonds is 1. The minimum Gasteiger partial charge on any atom is -0.422 e. The lowest BCUT2D eigenvalue weighted by molar-refractivity contribution is 0.548.